The molecule has 0 aromatic heterocycles. The van der Waals surface area contributed by atoms with Gasteiger partial charge in [-0.25, -0.2) is 9.69 Å². The third-order valence-electron chi connectivity index (χ3n) is 5.70. The number of hydrogen-bond acceptors (Lipinski definition) is 5. The quantitative estimate of drug-likeness (QED) is 0.570. The van der Waals surface area contributed by atoms with Gasteiger partial charge in [-0.15, -0.1) is 11.8 Å². The second-order valence-electron chi connectivity index (χ2n) is 7.60. The molecule has 1 unspecified atom stereocenters. The summed E-state index contributed by atoms with van der Waals surface area (Å²) in [5, 5.41) is 4.71. The average Bonchev–Trinajstić information content (AvgIpc) is 2.97. The predicted molar refractivity (Wildman–Crippen MR) is 111 cm³/mol. The van der Waals surface area contributed by atoms with E-state index in [0.717, 1.165) is 33.5 Å². The molecule has 4 rings (SSSR count). The van der Waals surface area contributed by atoms with Crippen LogP contribution in [0.1, 0.15) is 12.5 Å². The van der Waals surface area contributed by atoms with E-state index in [-0.39, 0.29) is 23.8 Å². The van der Waals surface area contributed by atoms with Crippen molar-refractivity contribution in [2.45, 2.75) is 17.7 Å². The number of hydrogen-bond donors (Lipinski definition) is 2. The van der Waals surface area contributed by atoms with Crippen LogP contribution in [0.25, 0.3) is 10.8 Å². The largest absolute Gasteiger partial charge is 0.468 e. The molecule has 152 valence electrons. The maximum absolute atomic E-state index is 13.3. The summed E-state index contributed by atoms with van der Waals surface area (Å²) in [6, 6.07) is 13.3. The minimum atomic E-state index is -1.10. The maximum Gasteiger partial charge on any atom is 0.329 e. The van der Waals surface area contributed by atoms with Crippen LogP contribution in [-0.4, -0.2) is 60.7 Å². The number of quaternary nitrogens is 1. The van der Waals surface area contributed by atoms with Crippen LogP contribution >= 0.6 is 11.8 Å². The molecule has 3 atom stereocenters. The molecule has 29 heavy (non-hydrogen) atoms. The molecule has 2 aromatic carbocycles. The molecule has 2 heterocycles. The molecule has 2 aliphatic rings. The average molecular weight is 415 g/mol. The number of ether oxygens (including phenoxy) is 1. The van der Waals surface area contributed by atoms with E-state index in [1.54, 1.807) is 18.7 Å². The zero-order valence-corrected chi connectivity index (χ0v) is 17.3. The zero-order valence-electron chi connectivity index (χ0n) is 16.4. The van der Waals surface area contributed by atoms with Crippen LogP contribution in [0, 0.1) is 0 Å². The third kappa shape index (κ3) is 3.58. The van der Waals surface area contributed by atoms with Crippen molar-refractivity contribution in [3.05, 3.63) is 48.0 Å². The van der Waals surface area contributed by atoms with Crippen molar-refractivity contribution in [1.29, 1.82) is 0 Å². The van der Waals surface area contributed by atoms with Gasteiger partial charge in [-0.1, -0.05) is 36.4 Å². The van der Waals surface area contributed by atoms with Gasteiger partial charge in [0.25, 0.3) is 5.91 Å². The van der Waals surface area contributed by atoms with Gasteiger partial charge in [0.05, 0.1) is 13.7 Å². The molecule has 7 nitrogen and oxygen atoms in total. The van der Waals surface area contributed by atoms with Gasteiger partial charge in [0.15, 0.2) is 11.9 Å². The minimum Gasteiger partial charge on any atom is -0.468 e. The van der Waals surface area contributed by atoms with Crippen molar-refractivity contribution in [1.82, 2.24) is 10.2 Å². The van der Waals surface area contributed by atoms with E-state index >= 15 is 0 Å². The second kappa shape index (κ2) is 7.68. The van der Waals surface area contributed by atoms with Gasteiger partial charge in [-0.05, 0) is 29.3 Å². The number of rotatable bonds is 4. The minimum absolute atomic E-state index is 0.238. The molecular formula is C21H24N3O4S+. The highest BCUT2D eigenvalue weighted by molar-refractivity contribution is 8.00. The topological polar surface area (TPSA) is 80.2 Å². The van der Waals surface area contributed by atoms with Gasteiger partial charge >= 0.3 is 12.0 Å². The number of methoxy groups -OCH3 is 1. The molecule has 2 aliphatic heterocycles. The van der Waals surface area contributed by atoms with Crippen molar-refractivity contribution in [3.8, 4) is 0 Å². The Bertz CT molecular complexity index is 981. The van der Waals surface area contributed by atoms with Crippen LogP contribution in [0.5, 0.6) is 0 Å². The number of nitrogens with zero attached hydrogens (tertiary/aromatic N) is 1. The summed E-state index contributed by atoms with van der Waals surface area (Å²) >= 11 is 1.56. The summed E-state index contributed by atoms with van der Waals surface area (Å²) in [5.41, 5.74) is -0.346. The number of urea groups is 1. The number of fused-ring (bicyclic) bond motifs is 1. The molecule has 2 saturated heterocycles. The van der Waals surface area contributed by atoms with E-state index < -0.39 is 11.6 Å². The first-order valence-electron chi connectivity index (χ1n) is 9.59. The molecular weight excluding hydrogens is 390 g/mol. The highest BCUT2D eigenvalue weighted by Crippen LogP contribution is 2.30. The summed E-state index contributed by atoms with van der Waals surface area (Å²) in [6.07, 6.45) is 0. The van der Waals surface area contributed by atoms with Crippen LogP contribution in [0.3, 0.4) is 0 Å². The number of nitrogens with one attached hydrogen (secondary N) is 2. The van der Waals surface area contributed by atoms with Crippen molar-refractivity contribution in [3.63, 3.8) is 0 Å². The lowest BCUT2D eigenvalue weighted by atomic mass is 9.90. The Hall–Kier alpha value is -2.58. The number of carbonyl (C=O) groups is 3. The zero-order chi connectivity index (χ0) is 20.6. The van der Waals surface area contributed by atoms with E-state index in [1.807, 2.05) is 42.5 Å². The number of esters is 1. The number of carbonyl (C=O) groups excluding carboxylic acids is 3. The highest BCUT2D eigenvalue weighted by atomic mass is 32.2. The van der Waals surface area contributed by atoms with Crippen LogP contribution in [0.2, 0.25) is 0 Å². The SMILES string of the molecule is COC(=O)[C@@H]1C[NH+](CN2C(=O)N[C@@](C)(c3ccc4ccccc4c3)C2=O)CCS1. The van der Waals surface area contributed by atoms with Gasteiger partial charge in [0, 0.05) is 5.75 Å². The number of imide groups is 1. The summed E-state index contributed by atoms with van der Waals surface area (Å²) < 4.78 is 4.84. The summed E-state index contributed by atoms with van der Waals surface area (Å²) in [6.45, 7) is 3.29. The van der Waals surface area contributed by atoms with Crippen molar-refractivity contribution >= 4 is 40.4 Å². The number of benzene rings is 2. The van der Waals surface area contributed by atoms with Gasteiger partial charge in [0.2, 0.25) is 0 Å². The van der Waals surface area contributed by atoms with Gasteiger partial charge < -0.3 is 15.0 Å². The van der Waals surface area contributed by atoms with E-state index in [4.69, 9.17) is 4.74 Å². The van der Waals surface area contributed by atoms with E-state index in [0.29, 0.717) is 6.54 Å². The van der Waals surface area contributed by atoms with Crippen molar-refractivity contribution < 1.29 is 24.0 Å². The fourth-order valence-corrected chi connectivity index (χ4v) is 5.23. The van der Waals surface area contributed by atoms with E-state index in [1.165, 1.54) is 12.0 Å². The van der Waals surface area contributed by atoms with Gasteiger partial charge in [0.1, 0.15) is 12.1 Å². The first kappa shape index (κ1) is 19.7. The molecule has 8 heteroatoms. The lowest BCUT2D eigenvalue weighted by Gasteiger charge is -2.30. The Morgan fingerprint density at radius 3 is 2.79 bits per heavy atom. The Kier molecular flexibility index (Phi) is 5.23. The Balaban J connectivity index is 1.54. The van der Waals surface area contributed by atoms with Gasteiger partial charge in [-0.2, -0.15) is 0 Å². The molecule has 0 radical (unpaired) electrons. The molecule has 2 N–H and O–H groups in total. The molecule has 2 fully saturated rings. The first-order valence-corrected chi connectivity index (χ1v) is 10.6. The molecule has 0 bridgehead atoms. The molecule has 0 spiro atoms. The molecule has 3 amide bonds. The first-order chi connectivity index (χ1) is 13.9. The summed E-state index contributed by atoms with van der Waals surface area (Å²) in [5.74, 6) is 0.254. The van der Waals surface area contributed by atoms with E-state index in [2.05, 4.69) is 5.32 Å². The predicted octanol–water partition coefficient (Wildman–Crippen LogP) is 0.738. The van der Waals surface area contributed by atoms with Crippen molar-refractivity contribution in [2.75, 3.05) is 32.6 Å². The molecule has 2 aromatic rings. The molecule has 0 aliphatic carbocycles. The smallest absolute Gasteiger partial charge is 0.329 e. The fraction of sp³-hybridized carbons (Fsp3) is 0.381. The second-order valence-corrected chi connectivity index (χ2v) is 8.91. The van der Waals surface area contributed by atoms with Crippen LogP contribution in [-0.2, 0) is 19.9 Å². The van der Waals surface area contributed by atoms with E-state index in [9.17, 15) is 14.4 Å². The third-order valence-corrected chi connectivity index (χ3v) is 6.90. The van der Waals surface area contributed by atoms with Crippen LogP contribution in [0.4, 0.5) is 4.79 Å². The molecule has 0 saturated carbocycles. The fourth-order valence-electron chi connectivity index (χ4n) is 3.96. The standard InChI is InChI=1S/C21H23N3O4S/c1-21(16-8-7-14-5-3-4-6-15(14)11-16)19(26)24(20(27)22-21)13-23-9-10-29-17(12-23)18(25)28-2/h3-8,11,17H,9-10,12-13H2,1-2H3,(H,22,27)/p+1/t17-,21-/m0/s1. The van der Waals surface area contributed by atoms with Gasteiger partial charge in [-0.3, -0.25) is 9.59 Å². The van der Waals surface area contributed by atoms with Crippen molar-refractivity contribution in [2.24, 2.45) is 0 Å². The summed E-state index contributed by atoms with van der Waals surface area (Å²) in [7, 11) is 1.38. The number of amides is 3. The van der Waals surface area contributed by atoms with Crippen LogP contribution in [0.15, 0.2) is 42.5 Å². The Morgan fingerprint density at radius 1 is 1.28 bits per heavy atom. The Labute approximate surface area is 173 Å². The lowest BCUT2D eigenvalue weighted by Crippen LogP contribution is -3.16. The highest BCUT2D eigenvalue weighted by Gasteiger charge is 2.50. The van der Waals surface area contributed by atoms with Crippen LogP contribution < -0.4 is 10.2 Å². The monoisotopic (exact) mass is 414 g/mol. The summed E-state index contributed by atoms with van der Waals surface area (Å²) in [4.78, 5) is 40.1. The maximum atomic E-state index is 13.3. The number of thioether (sulfide) groups is 1. The normalized spacial score (nSPS) is 27.2. The lowest BCUT2D eigenvalue weighted by molar-refractivity contribution is -0.905. The Morgan fingerprint density at radius 2 is 2.03 bits per heavy atom.